The van der Waals surface area contributed by atoms with Gasteiger partial charge in [0, 0.05) is 51.0 Å². The van der Waals surface area contributed by atoms with Crippen molar-refractivity contribution in [3.8, 4) is 0 Å². The van der Waals surface area contributed by atoms with Gasteiger partial charge in [0.2, 0.25) is 0 Å². The van der Waals surface area contributed by atoms with Gasteiger partial charge in [0.25, 0.3) is 11.8 Å². The van der Waals surface area contributed by atoms with Crippen molar-refractivity contribution in [2.24, 2.45) is 5.41 Å². The van der Waals surface area contributed by atoms with Gasteiger partial charge in [-0.1, -0.05) is 31.0 Å². The Labute approximate surface area is 189 Å². The fourth-order valence-electron chi connectivity index (χ4n) is 5.49. The Morgan fingerprint density at radius 1 is 0.906 bits per heavy atom. The number of amides is 2. The molecule has 2 aromatic rings. The van der Waals surface area contributed by atoms with E-state index in [1.807, 2.05) is 12.1 Å². The molecule has 2 amide bonds. The Kier molecular flexibility index (Phi) is 6.11. The molecule has 0 N–H and O–H groups in total. The van der Waals surface area contributed by atoms with Gasteiger partial charge in [0.05, 0.1) is 12.1 Å². The quantitative estimate of drug-likeness (QED) is 0.511. The second-order valence-corrected chi connectivity index (χ2v) is 9.52. The molecule has 0 unspecified atom stereocenters. The number of fused-ring (bicyclic) bond motifs is 1. The molecule has 2 aliphatic heterocycles. The third-order valence-corrected chi connectivity index (χ3v) is 7.29. The molecule has 7 nitrogen and oxygen atoms in total. The van der Waals surface area contributed by atoms with Gasteiger partial charge < -0.3 is 4.90 Å². The van der Waals surface area contributed by atoms with Crippen LogP contribution < -0.4 is 4.90 Å². The molecule has 0 bridgehead atoms. The third kappa shape index (κ3) is 4.50. The summed E-state index contributed by atoms with van der Waals surface area (Å²) < 4.78 is 0. The number of piperazine rings is 1. The number of hydrogen-bond donors (Lipinski definition) is 0. The van der Waals surface area contributed by atoms with E-state index in [4.69, 9.17) is 9.82 Å². The van der Waals surface area contributed by atoms with Gasteiger partial charge in [-0.3, -0.25) is 19.3 Å². The van der Waals surface area contributed by atoms with Gasteiger partial charge in [0.1, 0.15) is 5.82 Å². The molecule has 3 heterocycles. The first-order valence-corrected chi connectivity index (χ1v) is 11.9. The molecule has 3 fully saturated rings. The van der Waals surface area contributed by atoms with Crippen molar-refractivity contribution in [2.45, 2.75) is 44.9 Å². The number of nitrogens with zero attached hydrogens (tertiary/aromatic N) is 4. The summed E-state index contributed by atoms with van der Waals surface area (Å²) in [6, 6.07) is 12.4. The highest BCUT2D eigenvalue weighted by Crippen LogP contribution is 2.46. The third-order valence-electron chi connectivity index (χ3n) is 7.29. The smallest absolute Gasteiger partial charge is 0.254 e. The van der Waals surface area contributed by atoms with Crippen LogP contribution in [-0.2, 0) is 14.4 Å². The number of carbonyl (C=O) groups excluding carboxylic acids is 2. The molecule has 1 aromatic heterocycles. The Morgan fingerprint density at radius 3 is 2.38 bits per heavy atom. The van der Waals surface area contributed by atoms with E-state index in [0.29, 0.717) is 19.4 Å². The highest BCUT2D eigenvalue weighted by Gasteiger charge is 2.45. The van der Waals surface area contributed by atoms with Crippen molar-refractivity contribution < 1.29 is 14.4 Å². The second kappa shape index (κ2) is 9.16. The van der Waals surface area contributed by atoms with Gasteiger partial charge in [-0.25, -0.2) is 4.98 Å². The summed E-state index contributed by atoms with van der Waals surface area (Å²) in [6.07, 6.45) is 5.98. The summed E-state index contributed by atoms with van der Waals surface area (Å²) in [7, 11) is 0. The standard InChI is InChI=1S/C25H32N4O3/c30-23-18-25(10-3-4-11-25)19-24(31)29(23)32-17-5-12-27-13-15-28(16-14-27)22-9-8-20-6-1-2-7-21(20)26-22/h1-2,6-9H,3-5,10-19H2. The highest BCUT2D eigenvalue weighted by atomic mass is 16.7. The Hall–Kier alpha value is -2.51. The maximum Gasteiger partial charge on any atom is 0.254 e. The maximum atomic E-state index is 12.5. The van der Waals surface area contributed by atoms with E-state index >= 15 is 0 Å². The van der Waals surface area contributed by atoms with Crippen molar-refractivity contribution in [1.82, 2.24) is 14.9 Å². The predicted molar refractivity (Wildman–Crippen MR) is 123 cm³/mol. The van der Waals surface area contributed by atoms with Crippen LogP contribution >= 0.6 is 0 Å². The van der Waals surface area contributed by atoms with Crippen molar-refractivity contribution in [1.29, 1.82) is 0 Å². The van der Waals surface area contributed by atoms with Crippen LogP contribution in [0, 0.1) is 5.41 Å². The molecule has 170 valence electrons. The van der Waals surface area contributed by atoms with Crippen molar-refractivity contribution in [3.63, 3.8) is 0 Å². The lowest BCUT2D eigenvalue weighted by molar-refractivity contribution is -0.205. The Morgan fingerprint density at radius 2 is 1.62 bits per heavy atom. The number of imide groups is 1. The minimum absolute atomic E-state index is 0.0758. The first-order chi connectivity index (χ1) is 15.6. The SMILES string of the molecule is O=C1CC2(CCCC2)CC(=O)N1OCCCN1CCN(c2ccc3ccccc3n2)CC1. The molecular weight excluding hydrogens is 404 g/mol. The first kappa shape index (κ1) is 21.3. The van der Waals surface area contributed by atoms with E-state index < -0.39 is 0 Å². The number of piperidine rings is 1. The van der Waals surface area contributed by atoms with Gasteiger partial charge in [-0.2, -0.15) is 5.06 Å². The zero-order valence-corrected chi connectivity index (χ0v) is 18.7. The van der Waals surface area contributed by atoms with Gasteiger partial charge in [0.15, 0.2) is 0 Å². The number of pyridine rings is 1. The number of carbonyl (C=O) groups is 2. The number of benzene rings is 1. The average Bonchev–Trinajstić information content (AvgIpc) is 3.25. The van der Waals surface area contributed by atoms with Gasteiger partial charge >= 0.3 is 0 Å². The average molecular weight is 437 g/mol. The lowest BCUT2D eigenvalue weighted by Crippen LogP contribution is -2.48. The number of para-hydroxylation sites is 1. The van der Waals surface area contributed by atoms with E-state index in [1.165, 1.54) is 5.39 Å². The van der Waals surface area contributed by atoms with Crippen LogP contribution in [0.15, 0.2) is 36.4 Å². The van der Waals surface area contributed by atoms with Crippen LogP contribution in [0.25, 0.3) is 10.9 Å². The van der Waals surface area contributed by atoms with E-state index in [0.717, 1.165) is 81.2 Å². The van der Waals surface area contributed by atoms with Crippen molar-refractivity contribution in [2.75, 3.05) is 44.2 Å². The maximum absolute atomic E-state index is 12.5. The van der Waals surface area contributed by atoms with Crippen LogP contribution in [0.3, 0.4) is 0 Å². The van der Waals surface area contributed by atoms with E-state index in [2.05, 4.69) is 34.1 Å². The fourth-order valence-corrected chi connectivity index (χ4v) is 5.49. The first-order valence-electron chi connectivity index (χ1n) is 11.9. The minimum Gasteiger partial charge on any atom is -0.354 e. The van der Waals surface area contributed by atoms with Gasteiger partial charge in [-0.05, 0) is 42.9 Å². The summed E-state index contributed by atoms with van der Waals surface area (Å²) >= 11 is 0. The van der Waals surface area contributed by atoms with Crippen molar-refractivity contribution in [3.05, 3.63) is 36.4 Å². The zero-order chi connectivity index (χ0) is 22.0. The minimum atomic E-state index is -0.153. The molecule has 2 saturated heterocycles. The Bertz CT molecular complexity index is 960. The largest absolute Gasteiger partial charge is 0.354 e. The van der Waals surface area contributed by atoms with E-state index in [1.54, 1.807) is 0 Å². The van der Waals surface area contributed by atoms with Crippen LogP contribution in [0.1, 0.15) is 44.9 Å². The molecule has 0 atom stereocenters. The van der Waals surface area contributed by atoms with Gasteiger partial charge in [-0.15, -0.1) is 0 Å². The van der Waals surface area contributed by atoms with Crippen LogP contribution in [0.5, 0.6) is 0 Å². The summed E-state index contributed by atoms with van der Waals surface area (Å²) in [5.74, 6) is 0.730. The molecule has 1 aromatic carbocycles. The second-order valence-electron chi connectivity index (χ2n) is 9.52. The molecule has 5 rings (SSSR count). The zero-order valence-electron chi connectivity index (χ0n) is 18.7. The highest BCUT2D eigenvalue weighted by molar-refractivity contribution is 5.97. The number of hydrogen-bond acceptors (Lipinski definition) is 6. The molecule has 1 spiro atoms. The molecular formula is C25H32N4O3. The molecule has 1 aliphatic carbocycles. The molecule has 0 radical (unpaired) electrons. The van der Waals surface area contributed by atoms with E-state index in [-0.39, 0.29) is 17.2 Å². The van der Waals surface area contributed by atoms with E-state index in [9.17, 15) is 9.59 Å². The lowest BCUT2D eigenvalue weighted by Gasteiger charge is -2.37. The number of rotatable bonds is 6. The lowest BCUT2D eigenvalue weighted by atomic mass is 9.77. The molecule has 32 heavy (non-hydrogen) atoms. The molecule has 1 saturated carbocycles. The van der Waals surface area contributed by atoms with Crippen LogP contribution in [0.2, 0.25) is 0 Å². The predicted octanol–water partition coefficient (Wildman–Crippen LogP) is 3.39. The number of aromatic nitrogens is 1. The molecule has 3 aliphatic rings. The Balaban J connectivity index is 1.04. The number of hydroxylamine groups is 2. The summed E-state index contributed by atoms with van der Waals surface area (Å²) in [6.45, 7) is 5.13. The van der Waals surface area contributed by atoms with Crippen LogP contribution in [0.4, 0.5) is 5.82 Å². The fraction of sp³-hybridized carbons (Fsp3) is 0.560. The summed E-state index contributed by atoms with van der Waals surface area (Å²) in [5, 5.41) is 2.21. The summed E-state index contributed by atoms with van der Waals surface area (Å²) in [4.78, 5) is 40.1. The monoisotopic (exact) mass is 436 g/mol. The van der Waals surface area contributed by atoms with Crippen molar-refractivity contribution >= 4 is 28.5 Å². The van der Waals surface area contributed by atoms with Crippen LogP contribution in [-0.4, -0.2) is 66.1 Å². The normalized spacial score (nSPS) is 21.8. The number of anilines is 1. The molecule has 7 heteroatoms. The topological polar surface area (TPSA) is 66.0 Å². The summed E-state index contributed by atoms with van der Waals surface area (Å²) in [5.41, 5.74) is 0.957.